The van der Waals surface area contributed by atoms with E-state index >= 15 is 0 Å². The number of rotatable bonds is 5. The molecule has 0 radical (unpaired) electrons. The van der Waals surface area contributed by atoms with Gasteiger partial charge in [-0.2, -0.15) is 0 Å². The van der Waals surface area contributed by atoms with E-state index in [0.717, 1.165) is 0 Å². The molecule has 22 nitrogen and oxygen atoms in total. The maximum Gasteiger partial charge on any atom is 0.291 e. The van der Waals surface area contributed by atoms with Gasteiger partial charge in [0.2, 0.25) is 0 Å². The summed E-state index contributed by atoms with van der Waals surface area (Å²) in [6, 6.07) is 0. The summed E-state index contributed by atoms with van der Waals surface area (Å²) >= 11 is 0. The SMILES string of the molecule is O=[N+]([O-])O.O=[N+]([O-])O.O=[N+]([O-])O.O=[N+]([O-])O.OC[C@@H](O)[C@@H](O)[C@H](O)[C@@H](O)CO. The predicted octanol–water partition coefficient (Wildman–Crippen LogP) is -4.98. The largest absolute Gasteiger partial charge is 0.394 e. The highest BCUT2D eigenvalue weighted by Gasteiger charge is 2.29. The molecule has 0 fully saturated rings. The molecule has 0 spiro atoms. The van der Waals surface area contributed by atoms with Crippen LogP contribution < -0.4 is 0 Å². The number of nitrogens with zero attached hydrogens (tertiary/aromatic N) is 4. The lowest BCUT2D eigenvalue weighted by atomic mass is 10.0. The van der Waals surface area contributed by atoms with Crippen molar-refractivity contribution in [2.24, 2.45) is 0 Å². The molecule has 28 heavy (non-hydrogen) atoms. The minimum Gasteiger partial charge on any atom is -0.394 e. The Labute approximate surface area is 151 Å². The van der Waals surface area contributed by atoms with E-state index in [4.69, 9.17) is 91.9 Å². The first kappa shape index (κ1) is 35.6. The standard InChI is InChI=1S/C6H14O6.4HNO3/c7-1-3(9)5(11)6(12)4(10)2-8;4*2-1(3)4/h3-12H,1-2H2;4*(H,2,3,4)/t3-,4+,5-,6-;;;;/m1..../s1. The van der Waals surface area contributed by atoms with E-state index < -0.39 is 58.0 Å². The van der Waals surface area contributed by atoms with Crippen molar-refractivity contribution in [3.8, 4) is 0 Å². The average molecular weight is 434 g/mol. The molecule has 0 heterocycles. The van der Waals surface area contributed by atoms with Gasteiger partial charge in [-0.3, -0.25) is 0 Å². The molecule has 0 aliphatic carbocycles. The van der Waals surface area contributed by atoms with Crippen LogP contribution in [0.4, 0.5) is 0 Å². The zero-order valence-electron chi connectivity index (χ0n) is 13.3. The van der Waals surface area contributed by atoms with Crippen molar-refractivity contribution in [2.45, 2.75) is 24.4 Å². The van der Waals surface area contributed by atoms with Crippen molar-refractivity contribution in [1.82, 2.24) is 0 Å². The summed E-state index contributed by atoms with van der Waals surface area (Å²) in [7, 11) is 0. The van der Waals surface area contributed by atoms with Gasteiger partial charge in [0.1, 0.15) is 24.4 Å². The quantitative estimate of drug-likeness (QED) is 0.143. The Balaban J connectivity index is -0.0000000910. The molecule has 4 atom stereocenters. The van der Waals surface area contributed by atoms with Crippen LogP contribution in [0.1, 0.15) is 0 Å². The summed E-state index contributed by atoms with van der Waals surface area (Å²) in [5, 5.41) is 107. The molecule has 0 saturated heterocycles. The molecule has 0 amide bonds. The Kier molecular flexibility index (Phi) is 30.0. The lowest BCUT2D eigenvalue weighted by Crippen LogP contribution is -2.46. The van der Waals surface area contributed by atoms with Crippen molar-refractivity contribution in [2.75, 3.05) is 13.2 Å². The monoisotopic (exact) mass is 434 g/mol. The minimum absolute atomic E-state index is 0.726. The summed E-state index contributed by atoms with van der Waals surface area (Å²) < 4.78 is 0. The lowest BCUT2D eigenvalue weighted by molar-refractivity contribution is -0.742. The van der Waals surface area contributed by atoms with Crippen molar-refractivity contribution in [1.29, 1.82) is 0 Å². The van der Waals surface area contributed by atoms with Crippen molar-refractivity contribution in [3.63, 3.8) is 0 Å². The fourth-order valence-corrected chi connectivity index (χ4v) is 0.671. The topological polar surface area (TPSA) is 375 Å². The maximum absolute atomic E-state index is 8.96. The van der Waals surface area contributed by atoms with E-state index in [9.17, 15) is 0 Å². The van der Waals surface area contributed by atoms with Gasteiger partial charge in [0.15, 0.2) is 0 Å². The first-order valence-electron chi connectivity index (χ1n) is 5.74. The second-order valence-electron chi connectivity index (χ2n) is 3.43. The molecule has 0 bridgehead atoms. The Bertz CT molecular complexity index is 341. The molecular formula is C6H18N4O18. The molecule has 10 N–H and O–H groups in total. The molecule has 0 rings (SSSR count). The minimum atomic E-state index is -1.67. The fourth-order valence-electron chi connectivity index (χ4n) is 0.671. The van der Waals surface area contributed by atoms with Crippen LogP contribution in [0.2, 0.25) is 0 Å². The highest BCUT2D eigenvalue weighted by molar-refractivity contribution is 4.79. The second-order valence-corrected chi connectivity index (χ2v) is 3.43. The normalized spacial score (nSPS) is 12.6. The molecule has 0 aromatic carbocycles. The van der Waals surface area contributed by atoms with Crippen LogP contribution >= 0.6 is 0 Å². The maximum atomic E-state index is 8.96. The van der Waals surface area contributed by atoms with Crippen LogP contribution in [0.5, 0.6) is 0 Å². The van der Waals surface area contributed by atoms with E-state index in [1.54, 1.807) is 0 Å². The van der Waals surface area contributed by atoms with Gasteiger partial charge in [-0.05, 0) is 0 Å². The van der Waals surface area contributed by atoms with E-state index in [-0.39, 0.29) is 0 Å². The van der Waals surface area contributed by atoms with Crippen molar-refractivity contribution >= 4 is 0 Å². The fraction of sp³-hybridized carbons (Fsp3) is 1.00. The third-order valence-corrected chi connectivity index (χ3v) is 1.51. The predicted molar refractivity (Wildman–Crippen MR) is 73.3 cm³/mol. The van der Waals surface area contributed by atoms with Crippen molar-refractivity contribution < 1.29 is 71.8 Å². The Hall–Kier alpha value is -3.44. The zero-order valence-corrected chi connectivity index (χ0v) is 13.3. The highest BCUT2D eigenvalue weighted by Crippen LogP contribution is 2.03. The van der Waals surface area contributed by atoms with Gasteiger partial charge in [-0.1, -0.05) is 0 Å². The lowest BCUT2D eigenvalue weighted by Gasteiger charge is -2.24. The number of aliphatic hydroxyl groups is 6. The van der Waals surface area contributed by atoms with E-state index in [1.165, 1.54) is 0 Å². The summed E-state index contributed by atoms with van der Waals surface area (Å²) in [5.41, 5.74) is 0. The molecular weight excluding hydrogens is 416 g/mol. The summed E-state index contributed by atoms with van der Waals surface area (Å²) in [4.78, 5) is 33.4. The molecule has 0 aromatic rings. The molecule has 22 heteroatoms. The molecule has 0 aliphatic heterocycles. The molecule has 0 aliphatic rings. The first-order valence-corrected chi connectivity index (χ1v) is 5.74. The first-order chi connectivity index (χ1) is 12.5. The second kappa shape index (κ2) is 23.6. The smallest absolute Gasteiger partial charge is 0.291 e. The number of hydrogen-bond donors (Lipinski definition) is 10. The zero-order chi connectivity index (χ0) is 24.0. The summed E-state index contributed by atoms with van der Waals surface area (Å²) in [5.74, 6) is 0. The third kappa shape index (κ3) is 66.5. The third-order valence-electron chi connectivity index (χ3n) is 1.51. The van der Waals surface area contributed by atoms with Gasteiger partial charge in [0, 0.05) is 0 Å². The van der Waals surface area contributed by atoms with Gasteiger partial charge < -0.3 is 51.5 Å². The summed E-state index contributed by atoms with van der Waals surface area (Å²) in [6.45, 7) is -1.45. The molecule has 0 unspecified atom stereocenters. The average Bonchev–Trinajstić information content (AvgIpc) is 2.49. The van der Waals surface area contributed by atoms with Crippen LogP contribution in [-0.4, -0.2) is 109 Å². The van der Waals surface area contributed by atoms with Crippen LogP contribution in [0.25, 0.3) is 0 Å². The van der Waals surface area contributed by atoms with Crippen LogP contribution in [-0.2, 0) is 0 Å². The van der Waals surface area contributed by atoms with Crippen LogP contribution in [0, 0.1) is 40.5 Å². The van der Waals surface area contributed by atoms with Gasteiger partial charge in [-0.25, -0.2) is 0 Å². The Morgan fingerprint density at radius 1 is 0.536 bits per heavy atom. The van der Waals surface area contributed by atoms with Crippen LogP contribution in [0.15, 0.2) is 0 Å². The van der Waals surface area contributed by atoms with E-state index in [0.29, 0.717) is 0 Å². The van der Waals surface area contributed by atoms with Gasteiger partial charge >= 0.3 is 0 Å². The number of aliphatic hydroxyl groups excluding tert-OH is 6. The Morgan fingerprint density at radius 3 is 0.714 bits per heavy atom. The molecule has 0 saturated carbocycles. The van der Waals surface area contributed by atoms with Gasteiger partial charge in [0.25, 0.3) is 20.3 Å². The van der Waals surface area contributed by atoms with Gasteiger partial charge in [0.05, 0.1) is 13.2 Å². The van der Waals surface area contributed by atoms with E-state index in [1.807, 2.05) is 0 Å². The van der Waals surface area contributed by atoms with Crippen LogP contribution in [0.3, 0.4) is 0 Å². The molecule has 0 aromatic heterocycles. The van der Waals surface area contributed by atoms with E-state index in [2.05, 4.69) is 0 Å². The van der Waals surface area contributed by atoms with Crippen molar-refractivity contribution in [3.05, 3.63) is 40.5 Å². The summed E-state index contributed by atoms with van der Waals surface area (Å²) in [6.07, 6.45) is -6.39. The number of hydrogen-bond acceptors (Lipinski definition) is 14. The van der Waals surface area contributed by atoms with Gasteiger partial charge in [-0.15, -0.1) is 40.5 Å². The molecule has 170 valence electrons. The Morgan fingerprint density at radius 2 is 0.643 bits per heavy atom. The highest BCUT2D eigenvalue weighted by atomic mass is 16.9.